The third-order valence-corrected chi connectivity index (χ3v) is 7.39. The van der Waals surface area contributed by atoms with Gasteiger partial charge in [0, 0.05) is 17.5 Å². The Balaban J connectivity index is 1.37. The van der Waals surface area contributed by atoms with Gasteiger partial charge in [0.1, 0.15) is 10.7 Å². The maximum atomic E-state index is 12.8. The minimum atomic E-state index is -0.248. The largest absolute Gasteiger partial charge is 0.355 e. The molecule has 7 heteroatoms. The van der Waals surface area contributed by atoms with Crippen molar-refractivity contribution in [3.05, 3.63) is 87.8 Å². The van der Waals surface area contributed by atoms with Gasteiger partial charge in [0.2, 0.25) is 5.91 Å². The molecule has 0 aliphatic rings. The van der Waals surface area contributed by atoms with Crippen molar-refractivity contribution in [3.8, 4) is 11.1 Å². The number of benzene rings is 2. The van der Waals surface area contributed by atoms with Gasteiger partial charge in [-0.2, -0.15) is 0 Å². The molecule has 0 saturated heterocycles. The Bertz CT molecular complexity index is 1250. The minimum Gasteiger partial charge on any atom is -0.355 e. The summed E-state index contributed by atoms with van der Waals surface area (Å²) in [5, 5.41) is 5.38. The van der Waals surface area contributed by atoms with E-state index < -0.39 is 0 Å². The molecule has 4 aromatic rings. The number of thioether (sulfide) groups is 1. The Hall–Kier alpha value is -2.90. The van der Waals surface area contributed by atoms with E-state index in [1.165, 1.54) is 28.7 Å². The van der Waals surface area contributed by atoms with E-state index in [0.29, 0.717) is 23.5 Å². The standard InChI is InChI=1S/C25H25N3O2S2/c1-16(18-9-5-3-6-10-18)13-26-23(29)17(2)31-15-21-27-24(30)22-20(14-32-25(22)28-21)19-11-7-4-8-12-19/h3-12,14,16-17H,13,15H2,1-2H3,(H,26,29)(H,27,28,30)/t16-,17-/m1/s1. The van der Waals surface area contributed by atoms with E-state index in [1.807, 2.05) is 60.8 Å². The second kappa shape index (κ2) is 10.1. The summed E-state index contributed by atoms with van der Waals surface area (Å²) in [6, 6.07) is 20.0. The molecule has 0 saturated carbocycles. The van der Waals surface area contributed by atoms with Gasteiger partial charge in [-0.25, -0.2) is 4.98 Å². The molecule has 1 amide bonds. The van der Waals surface area contributed by atoms with Gasteiger partial charge in [0.15, 0.2) is 0 Å². The molecule has 2 heterocycles. The molecule has 164 valence electrons. The van der Waals surface area contributed by atoms with Crippen LogP contribution in [0.3, 0.4) is 0 Å². The number of fused-ring (bicyclic) bond motifs is 1. The van der Waals surface area contributed by atoms with Crippen molar-refractivity contribution in [2.45, 2.75) is 30.8 Å². The van der Waals surface area contributed by atoms with Crippen LogP contribution in [0.4, 0.5) is 0 Å². The van der Waals surface area contributed by atoms with Crippen molar-refractivity contribution in [1.29, 1.82) is 0 Å². The van der Waals surface area contributed by atoms with Gasteiger partial charge in [-0.15, -0.1) is 23.1 Å². The smallest absolute Gasteiger partial charge is 0.260 e. The van der Waals surface area contributed by atoms with Crippen LogP contribution in [0.15, 0.2) is 70.8 Å². The molecule has 2 aromatic carbocycles. The monoisotopic (exact) mass is 463 g/mol. The van der Waals surface area contributed by atoms with Crippen molar-refractivity contribution in [2.24, 2.45) is 0 Å². The van der Waals surface area contributed by atoms with Crippen LogP contribution in [0.1, 0.15) is 31.2 Å². The first kappa shape index (κ1) is 22.3. The van der Waals surface area contributed by atoms with E-state index in [2.05, 4.69) is 34.3 Å². The molecule has 0 fully saturated rings. The highest BCUT2D eigenvalue weighted by Crippen LogP contribution is 2.30. The molecule has 0 aliphatic carbocycles. The number of thiophene rings is 1. The van der Waals surface area contributed by atoms with Crippen LogP contribution < -0.4 is 10.9 Å². The van der Waals surface area contributed by atoms with Gasteiger partial charge >= 0.3 is 0 Å². The maximum absolute atomic E-state index is 12.8. The predicted molar refractivity (Wildman–Crippen MR) is 134 cm³/mol. The first-order chi connectivity index (χ1) is 15.5. The normalized spacial score (nSPS) is 13.1. The van der Waals surface area contributed by atoms with Crippen molar-refractivity contribution >= 4 is 39.2 Å². The van der Waals surface area contributed by atoms with E-state index in [0.717, 1.165) is 16.0 Å². The third kappa shape index (κ3) is 5.11. The maximum Gasteiger partial charge on any atom is 0.260 e. The second-order valence-electron chi connectivity index (χ2n) is 7.72. The SMILES string of the molecule is C[C@H](CNC(=O)[C@@H](C)SCc1nc2scc(-c3ccccc3)c2c(=O)[nH]1)c1ccccc1. The molecule has 0 unspecified atom stereocenters. The Morgan fingerprint density at radius 1 is 1.09 bits per heavy atom. The lowest BCUT2D eigenvalue weighted by Gasteiger charge is -2.16. The van der Waals surface area contributed by atoms with Crippen LogP contribution in [0.5, 0.6) is 0 Å². The van der Waals surface area contributed by atoms with Gasteiger partial charge in [-0.3, -0.25) is 9.59 Å². The molecule has 2 atom stereocenters. The molecule has 2 N–H and O–H groups in total. The molecule has 32 heavy (non-hydrogen) atoms. The summed E-state index contributed by atoms with van der Waals surface area (Å²) < 4.78 is 0. The van der Waals surface area contributed by atoms with E-state index >= 15 is 0 Å². The number of carbonyl (C=O) groups excluding carboxylic acids is 1. The number of aromatic nitrogens is 2. The average molecular weight is 464 g/mol. The van der Waals surface area contributed by atoms with Crippen LogP contribution >= 0.6 is 23.1 Å². The van der Waals surface area contributed by atoms with Crippen molar-refractivity contribution in [2.75, 3.05) is 6.54 Å². The predicted octanol–water partition coefficient (Wildman–Crippen LogP) is 5.19. The van der Waals surface area contributed by atoms with Gasteiger partial charge < -0.3 is 10.3 Å². The molecule has 0 spiro atoms. The summed E-state index contributed by atoms with van der Waals surface area (Å²) in [7, 11) is 0. The van der Waals surface area contributed by atoms with E-state index in [4.69, 9.17) is 0 Å². The number of H-pyrrole nitrogens is 1. The van der Waals surface area contributed by atoms with E-state index in [9.17, 15) is 9.59 Å². The van der Waals surface area contributed by atoms with Gasteiger partial charge in [-0.05, 0) is 24.0 Å². The van der Waals surface area contributed by atoms with Crippen molar-refractivity contribution < 1.29 is 4.79 Å². The summed E-state index contributed by atoms with van der Waals surface area (Å²) in [6.45, 7) is 4.57. The number of hydrogen-bond acceptors (Lipinski definition) is 5. The van der Waals surface area contributed by atoms with Crippen LogP contribution in [0, 0.1) is 0 Å². The highest BCUT2D eigenvalue weighted by Gasteiger charge is 2.17. The number of nitrogens with one attached hydrogen (secondary N) is 2. The summed E-state index contributed by atoms with van der Waals surface area (Å²) >= 11 is 2.93. The van der Waals surface area contributed by atoms with Crippen LogP contribution in [-0.4, -0.2) is 27.7 Å². The highest BCUT2D eigenvalue weighted by molar-refractivity contribution is 7.99. The topological polar surface area (TPSA) is 74.8 Å². The molecular formula is C25H25N3O2S2. The fraction of sp³-hybridized carbons (Fsp3) is 0.240. The van der Waals surface area contributed by atoms with Crippen molar-refractivity contribution in [1.82, 2.24) is 15.3 Å². The molecular weight excluding hydrogens is 438 g/mol. The summed E-state index contributed by atoms with van der Waals surface area (Å²) in [4.78, 5) is 33.5. The quantitative estimate of drug-likeness (QED) is 0.377. The fourth-order valence-electron chi connectivity index (χ4n) is 3.47. The molecule has 2 aromatic heterocycles. The fourth-order valence-corrected chi connectivity index (χ4v) is 5.21. The third-order valence-electron chi connectivity index (χ3n) is 5.37. The summed E-state index contributed by atoms with van der Waals surface area (Å²) in [5.41, 5.74) is 2.97. The molecule has 0 radical (unpaired) electrons. The van der Waals surface area contributed by atoms with Gasteiger partial charge in [0.05, 0.1) is 16.4 Å². The lowest BCUT2D eigenvalue weighted by Crippen LogP contribution is -2.33. The number of amides is 1. The summed E-state index contributed by atoms with van der Waals surface area (Å²) in [6.07, 6.45) is 0. The Kier molecular flexibility index (Phi) is 7.07. The lowest BCUT2D eigenvalue weighted by atomic mass is 10.0. The second-order valence-corrected chi connectivity index (χ2v) is 9.91. The first-order valence-electron chi connectivity index (χ1n) is 10.5. The lowest BCUT2D eigenvalue weighted by molar-refractivity contribution is -0.120. The van der Waals surface area contributed by atoms with Crippen LogP contribution in [0.25, 0.3) is 21.3 Å². The Labute approximate surface area is 195 Å². The number of hydrogen-bond donors (Lipinski definition) is 2. The molecule has 0 bridgehead atoms. The van der Waals surface area contributed by atoms with Gasteiger partial charge in [0.25, 0.3) is 5.56 Å². The number of carbonyl (C=O) groups is 1. The van der Waals surface area contributed by atoms with Crippen LogP contribution in [0.2, 0.25) is 0 Å². The minimum absolute atomic E-state index is 0.0105. The average Bonchev–Trinajstić information content (AvgIpc) is 3.26. The zero-order valence-electron chi connectivity index (χ0n) is 18.0. The van der Waals surface area contributed by atoms with E-state index in [1.54, 1.807) is 0 Å². The van der Waals surface area contributed by atoms with E-state index in [-0.39, 0.29) is 22.6 Å². The van der Waals surface area contributed by atoms with Crippen LogP contribution in [-0.2, 0) is 10.5 Å². The zero-order chi connectivity index (χ0) is 22.5. The number of rotatable bonds is 8. The molecule has 0 aliphatic heterocycles. The van der Waals surface area contributed by atoms with Gasteiger partial charge in [-0.1, -0.05) is 67.6 Å². The number of aromatic amines is 1. The zero-order valence-corrected chi connectivity index (χ0v) is 19.6. The highest BCUT2D eigenvalue weighted by atomic mass is 32.2. The molecule has 4 rings (SSSR count). The first-order valence-corrected chi connectivity index (χ1v) is 12.5. The summed E-state index contributed by atoms with van der Waals surface area (Å²) in [5.74, 6) is 1.29. The van der Waals surface area contributed by atoms with Crippen molar-refractivity contribution in [3.63, 3.8) is 0 Å². The number of nitrogens with zero attached hydrogens (tertiary/aromatic N) is 1. The Morgan fingerprint density at radius 3 is 2.50 bits per heavy atom. The molecule has 5 nitrogen and oxygen atoms in total. The Morgan fingerprint density at radius 2 is 1.78 bits per heavy atom.